The second kappa shape index (κ2) is 5.18. The Kier molecular flexibility index (Phi) is 3.63. The number of hydrogen-bond acceptors (Lipinski definition) is 3. The molecule has 84 valence electrons. The van der Waals surface area contributed by atoms with Crippen LogP contribution in [0.15, 0.2) is 12.1 Å². The van der Waals surface area contributed by atoms with Crippen molar-refractivity contribution in [3.63, 3.8) is 0 Å². The molecule has 0 unspecified atom stereocenters. The minimum Gasteiger partial charge on any atom is -0.367 e. The predicted octanol–water partition coefficient (Wildman–Crippen LogP) is 3.35. The molecule has 1 aliphatic carbocycles. The van der Waals surface area contributed by atoms with Crippen LogP contribution in [0.2, 0.25) is 5.15 Å². The molecule has 0 spiro atoms. The summed E-state index contributed by atoms with van der Waals surface area (Å²) in [6, 6.07) is 5.89. The number of pyridine rings is 1. The van der Waals surface area contributed by atoms with E-state index < -0.39 is 0 Å². The van der Waals surface area contributed by atoms with Crippen molar-refractivity contribution in [3.8, 4) is 6.07 Å². The average molecular weight is 236 g/mol. The topological polar surface area (TPSA) is 48.7 Å². The lowest BCUT2D eigenvalue weighted by atomic mass is 9.95. The van der Waals surface area contributed by atoms with E-state index in [2.05, 4.69) is 16.4 Å². The highest BCUT2D eigenvalue weighted by atomic mass is 35.5. The van der Waals surface area contributed by atoms with Crippen LogP contribution in [0.1, 0.15) is 37.7 Å². The smallest absolute Gasteiger partial charge is 0.132 e. The summed E-state index contributed by atoms with van der Waals surface area (Å²) in [6.07, 6.45) is 6.21. The maximum absolute atomic E-state index is 8.83. The lowest BCUT2D eigenvalue weighted by molar-refractivity contribution is 0.462. The zero-order chi connectivity index (χ0) is 11.4. The van der Waals surface area contributed by atoms with Gasteiger partial charge < -0.3 is 5.32 Å². The summed E-state index contributed by atoms with van der Waals surface area (Å²) >= 11 is 5.84. The van der Waals surface area contributed by atoms with Crippen LogP contribution in [0.3, 0.4) is 0 Å². The highest BCUT2D eigenvalue weighted by Crippen LogP contribution is 2.22. The zero-order valence-electron chi connectivity index (χ0n) is 9.04. The standard InChI is InChI=1S/C12H14ClN3/c13-11-6-9(8-14)7-12(16-11)15-10-4-2-1-3-5-10/h6-7,10H,1-5H2,(H,15,16). The zero-order valence-corrected chi connectivity index (χ0v) is 9.80. The van der Waals surface area contributed by atoms with E-state index in [9.17, 15) is 0 Å². The first-order valence-electron chi connectivity index (χ1n) is 5.62. The van der Waals surface area contributed by atoms with Gasteiger partial charge in [0, 0.05) is 6.04 Å². The first kappa shape index (κ1) is 11.2. The quantitative estimate of drug-likeness (QED) is 0.800. The fraction of sp³-hybridized carbons (Fsp3) is 0.500. The summed E-state index contributed by atoms with van der Waals surface area (Å²) in [5.74, 6) is 0.718. The third kappa shape index (κ3) is 2.86. The average Bonchev–Trinajstić information content (AvgIpc) is 2.29. The van der Waals surface area contributed by atoms with Gasteiger partial charge >= 0.3 is 0 Å². The van der Waals surface area contributed by atoms with Gasteiger partial charge in [0.1, 0.15) is 11.0 Å². The Morgan fingerprint density at radius 1 is 1.31 bits per heavy atom. The second-order valence-corrected chi connectivity index (χ2v) is 4.54. The molecule has 3 nitrogen and oxygen atoms in total. The Balaban J connectivity index is 2.08. The van der Waals surface area contributed by atoms with Crippen LogP contribution in [-0.4, -0.2) is 11.0 Å². The molecule has 16 heavy (non-hydrogen) atoms. The molecule has 1 N–H and O–H groups in total. The third-order valence-electron chi connectivity index (χ3n) is 2.88. The molecule has 0 atom stereocenters. The number of anilines is 1. The van der Waals surface area contributed by atoms with Crippen LogP contribution in [0.5, 0.6) is 0 Å². The van der Waals surface area contributed by atoms with Crippen molar-refractivity contribution in [2.24, 2.45) is 0 Å². The first-order chi connectivity index (χ1) is 7.78. The summed E-state index contributed by atoms with van der Waals surface area (Å²) in [7, 11) is 0. The summed E-state index contributed by atoms with van der Waals surface area (Å²) in [4.78, 5) is 4.18. The molecular formula is C12H14ClN3. The first-order valence-corrected chi connectivity index (χ1v) is 6.00. The van der Waals surface area contributed by atoms with E-state index in [-0.39, 0.29) is 0 Å². The summed E-state index contributed by atoms with van der Waals surface area (Å²) < 4.78 is 0. The highest BCUT2D eigenvalue weighted by Gasteiger charge is 2.13. The Bertz CT molecular complexity index is 405. The van der Waals surface area contributed by atoms with Crippen LogP contribution >= 0.6 is 11.6 Å². The van der Waals surface area contributed by atoms with Crippen molar-refractivity contribution in [1.29, 1.82) is 5.26 Å². The fourth-order valence-corrected chi connectivity index (χ4v) is 2.30. The molecule has 0 aromatic carbocycles. The minimum atomic E-state index is 0.373. The van der Waals surface area contributed by atoms with E-state index in [0.717, 1.165) is 5.82 Å². The van der Waals surface area contributed by atoms with E-state index in [1.807, 2.05) is 0 Å². The Morgan fingerprint density at radius 2 is 2.06 bits per heavy atom. The largest absolute Gasteiger partial charge is 0.367 e. The lowest BCUT2D eigenvalue weighted by Gasteiger charge is -2.23. The van der Waals surface area contributed by atoms with Crippen molar-refractivity contribution in [2.45, 2.75) is 38.1 Å². The van der Waals surface area contributed by atoms with E-state index in [0.29, 0.717) is 16.8 Å². The van der Waals surface area contributed by atoms with Crippen LogP contribution in [0, 0.1) is 11.3 Å². The molecule has 1 heterocycles. The Labute approximate surface area is 100 Å². The minimum absolute atomic E-state index is 0.373. The number of hydrogen-bond donors (Lipinski definition) is 1. The van der Waals surface area contributed by atoms with Gasteiger partial charge in [-0.2, -0.15) is 5.26 Å². The number of halogens is 1. The Hall–Kier alpha value is -1.27. The van der Waals surface area contributed by atoms with Gasteiger partial charge in [0.05, 0.1) is 11.6 Å². The molecule has 4 heteroatoms. The van der Waals surface area contributed by atoms with Gasteiger partial charge in [-0.15, -0.1) is 0 Å². The van der Waals surface area contributed by atoms with Gasteiger partial charge in [-0.3, -0.25) is 0 Å². The summed E-state index contributed by atoms with van der Waals surface area (Å²) in [5.41, 5.74) is 0.554. The van der Waals surface area contributed by atoms with Crippen LogP contribution in [0.4, 0.5) is 5.82 Å². The van der Waals surface area contributed by atoms with Gasteiger partial charge in [-0.1, -0.05) is 30.9 Å². The highest BCUT2D eigenvalue weighted by molar-refractivity contribution is 6.29. The molecule has 0 saturated heterocycles. The number of nitriles is 1. The molecule has 0 aliphatic heterocycles. The number of rotatable bonds is 2. The maximum atomic E-state index is 8.83. The van der Waals surface area contributed by atoms with Gasteiger partial charge in [0.25, 0.3) is 0 Å². The molecule has 0 amide bonds. The van der Waals surface area contributed by atoms with Gasteiger partial charge in [0.2, 0.25) is 0 Å². The number of nitrogens with one attached hydrogen (secondary N) is 1. The van der Waals surface area contributed by atoms with E-state index in [4.69, 9.17) is 16.9 Å². The molecule has 0 bridgehead atoms. The molecule has 2 rings (SSSR count). The van der Waals surface area contributed by atoms with Gasteiger partial charge in [-0.25, -0.2) is 4.98 Å². The monoisotopic (exact) mass is 235 g/mol. The molecule has 0 radical (unpaired) electrons. The maximum Gasteiger partial charge on any atom is 0.132 e. The van der Waals surface area contributed by atoms with Crippen LogP contribution < -0.4 is 5.32 Å². The molecule has 1 aliphatic rings. The molecule has 1 aromatic rings. The normalized spacial score (nSPS) is 16.8. The summed E-state index contributed by atoms with van der Waals surface area (Å²) in [6.45, 7) is 0. The lowest BCUT2D eigenvalue weighted by Crippen LogP contribution is -2.22. The predicted molar refractivity (Wildman–Crippen MR) is 64.5 cm³/mol. The summed E-state index contributed by atoms with van der Waals surface area (Å²) in [5, 5.41) is 12.6. The van der Waals surface area contributed by atoms with Gasteiger partial charge in [0.15, 0.2) is 0 Å². The number of nitrogens with zero attached hydrogens (tertiary/aromatic N) is 2. The van der Waals surface area contributed by atoms with Crippen LogP contribution in [-0.2, 0) is 0 Å². The van der Waals surface area contributed by atoms with Crippen molar-refractivity contribution in [2.75, 3.05) is 5.32 Å². The molecular weight excluding hydrogens is 222 g/mol. The molecule has 1 fully saturated rings. The van der Waals surface area contributed by atoms with Crippen molar-refractivity contribution < 1.29 is 0 Å². The fourth-order valence-electron chi connectivity index (χ4n) is 2.09. The van der Waals surface area contributed by atoms with E-state index in [1.54, 1.807) is 12.1 Å². The third-order valence-corrected chi connectivity index (χ3v) is 3.07. The SMILES string of the molecule is N#Cc1cc(Cl)nc(NC2CCCCC2)c1. The van der Waals surface area contributed by atoms with Gasteiger partial charge in [-0.05, 0) is 25.0 Å². The molecule has 1 aromatic heterocycles. The number of aromatic nitrogens is 1. The van der Waals surface area contributed by atoms with Crippen molar-refractivity contribution in [1.82, 2.24) is 4.98 Å². The second-order valence-electron chi connectivity index (χ2n) is 4.15. The Morgan fingerprint density at radius 3 is 2.75 bits per heavy atom. The van der Waals surface area contributed by atoms with E-state index in [1.165, 1.54) is 32.1 Å². The van der Waals surface area contributed by atoms with E-state index >= 15 is 0 Å². The van der Waals surface area contributed by atoms with Crippen molar-refractivity contribution >= 4 is 17.4 Å². The molecule has 1 saturated carbocycles. The van der Waals surface area contributed by atoms with Crippen molar-refractivity contribution in [3.05, 3.63) is 22.8 Å². The van der Waals surface area contributed by atoms with Crippen LogP contribution in [0.25, 0.3) is 0 Å².